The van der Waals surface area contributed by atoms with Gasteiger partial charge in [-0.25, -0.2) is 4.99 Å². The molecule has 0 spiro atoms. The molecule has 0 bridgehead atoms. The Labute approximate surface area is 104 Å². The van der Waals surface area contributed by atoms with Crippen LogP contribution in [-0.2, 0) is 0 Å². The van der Waals surface area contributed by atoms with E-state index in [0.29, 0.717) is 11.3 Å². The lowest BCUT2D eigenvalue weighted by molar-refractivity contribution is 0.851. The zero-order chi connectivity index (χ0) is 11.8. The lowest BCUT2D eigenvalue weighted by Crippen LogP contribution is -1.99. The highest BCUT2D eigenvalue weighted by atomic mass is 79.9. The molecule has 1 saturated carbocycles. The van der Waals surface area contributed by atoms with Gasteiger partial charge in [0.05, 0.1) is 12.9 Å². The molecule has 0 aromatic carbocycles. The Bertz CT molecular complexity index is 328. The fourth-order valence-electron chi connectivity index (χ4n) is 1.01. The SMILES string of the molecule is NC=NC(Br)=NCC(C=NCC1CC1)=CN. The molecule has 1 aliphatic carbocycles. The molecule has 5 nitrogen and oxygen atoms in total. The largest absolute Gasteiger partial charge is 0.404 e. The number of nitrogens with zero attached hydrogens (tertiary/aromatic N) is 3. The summed E-state index contributed by atoms with van der Waals surface area (Å²) < 4.78 is 0.449. The first kappa shape index (κ1) is 12.9. The molecule has 1 aliphatic rings. The zero-order valence-corrected chi connectivity index (χ0v) is 10.6. The van der Waals surface area contributed by atoms with Gasteiger partial charge in [-0.05, 0) is 34.7 Å². The Hall–Kier alpha value is -1.17. The van der Waals surface area contributed by atoms with E-state index in [0.717, 1.165) is 18.0 Å². The first-order valence-electron chi connectivity index (χ1n) is 5.11. The van der Waals surface area contributed by atoms with Crippen molar-refractivity contribution in [2.24, 2.45) is 32.4 Å². The second-order valence-corrected chi connectivity index (χ2v) is 4.25. The lowest BCUT2D eigenvalue weighted by atomic mass is 10.3. The smallest absolute Gasteiger partial charge is 0.193 e. The van der Waals surface area contributed by atoms with E-state index in [9.17, 15) is 0 Å². The molecule has 0 aliphatic heterocycles. The highest BCUT2D eigenvalue weighted by molar-refractivity contribution is 9.18. The van der Waals surface area contributed by atoms with Gasteiger partial charge < -0.3 is 11.5 Å². The minimum atomic E-state index is 0.447. The molecule has 0 saturated heterocycles. The van der Waals surface area contributed by atoms with Crippen molar-refractivity contribution in [2.45, 2.75) is 12.8 Å². The molecule has 0 unspecified atom stereocenters. The average molecular weight is 286 g/mol. The summed E-state index contributed by atoms with van der Waals surface area (Å²) in [5, 5.41) is 0. The van der Waals surface area contributed by atoms with Gasteiger partial charge in [-0.3, -0.25) is 9.98 Å². The monoisotopic (exact) mass is 285 g/mol. The van der Waals surface area contributed by atoms with Crippen LogP contribution < -0.4 is 11.5 Å². The van der Waals surface area contributed by atoms with Crippen molar-refractivity contribution in [3.8, 4) is 0 Å². The van der Waals surface area contributed by atoms with Gasteiger partial charge in [-0.15, -0.1) is 0 Å². The topological polar surface area (TPSA) is 89.1 Å². The van der Waals surface area contributed by atoms with Crippen LogP contribution in [0.4, 0.5) is 0 Å². The van der Waals surface area contributed by atoms with Gasteiger partial charge in [0.1, 0.15) is 0 Å². The molecule has 0 heterocycles. The maximum atomic E-state index is 5.46. The van der Waals surface area contributed by atoms with Gasteiger partial charge in [0.15, 0.2) is 4.74 Å². The summed E-state index contributed by atoms with van der Waals surface area (Å²) in [4.78, 5) is 12.2. The number of hydrogen-bond acceptors (Lipinski definition) is 3. The summed E-state index contributed by atoms with van der Waals surface area (Å²) in [7, 11) is 0. The van der Waals surface area contributed by atoms with Crippen molar-refractivity contribution < 1.29 is 0 Å². The van der Waals surface area contributed by atoms with E-state index in [1.165, 1.54) is 25.4 Å². The molecule has 0 atom stereocenters. The van der Waals surface area contributed by atoms with Gasteiger partial charge in [-0.1, -0.05) is 0 Å². The molecule has 4 N–H and O–H groups in total. The van der Waals surface area contributed by atoms with Crippen molar-refractivity contribution in [2.75, 3.05) is 13.1 Å². The lowest BCUT2D eigenvalue weighted by Gasteiger charge is -1.96. The number of aliphatic imine (C=N–C) groups is 3. The molecule has 0 amide bonds. The standard InChI is InChI=1S/C10H16BrN5/c11-10(16-7-13)15-6-9(3-12)5-14-4-8-1-2-8/h3,5,7-8H,1-2,4,6,12H2,(H2,13,15,16). The Morgan fingerprint density at radius 2 is 2.12 bits per heavy atom. The summed E-state index contributed by atoms with van der Waals surface area (Å²) in [6.07, 6.45) is 7.06. The second-order valence-electron chi connectivity index (χ2n) is 3.54. The van der Waals surface area contributed by atoms with E-state index in [-0.39, 0.29) is 0 Å². The highest BCUT2D eigenvalue weighted by Crippen LogP contribution is 2.28. The molecule has 1 rings (SSSR count). The number of nitrogens with two attached hydrogens (primary N) is 2. The van der Waals surface area contributed by atoms with Crippen molar-refractivity contribution >= 4 is 33.2 Å². The van der Waals surface area contributed by atoms with Crippen LogP contribution in [0.3, 0.4) is 0 Å². The molecule has 16 heavy (non-hydrogen) atoms. The summed E-state index contributed by atoms with van der Waals surface area (Å²) in [6, 6.07) is 0. The molecular weight excluding hydrogens is 270 g/mol. The third-order valence-electron chi connectivity index (χ3n) is 2.10. The zero-order valence-electron chi connectivity index (χ0n) is 9.01. The Balaban J connectivity index is 2.36. The Morgan fingerprint density at radius 3 is 2.69 bits per heavy atom. The predicted octanol–water partition coefficient (Wildman–Crippen LogP) is 1.05. The van der Waals surface area contributed by atoms with Crippen molar-refractivity contribution in [3.63, 3.8) is 0 Å². The molecule has 6 heteroatoms. The van der Waals surface area contributed by atoms with Gasteiger partial charge in [0.25, 0.3) is 0 Å². The van der Waals surface area contributed by atoms with Crippen LogP contribution in [0.2, 0.25) is 0 Å². The maximum Gasteiger partial charge on any atom is 0.193 e. The van der Waals surface area contributed by atoms with Crippen molar-refractivity contribution in [1.82, 2.24) is 0 Å². The van der Waals surface area contributed by atoms with Gasteiger partial charge >= 0.3 is 0 Å². The minimum Gasteiger partial charge on any atom is -0.404 e. The predicted molar refractivity (Wildman–Crippen MR) is 72.3 cm³/mol. The van der Waals surface area contributed by atoms with E-state index in [1.54, 1.807) is 6.21 Å². The minimum absolute atomic E-state index is 0.447. The Kier molecular flexibility index (Phi) is 5.77. The molecule has 88 valence electrons. The third-order valence-corrected chi connectivity index (χ3v) is 2.56. The van der Waals surface area contributed by atoms with E-state index < -0.39 is 0 Å². The number of rotatable bonds is 5. The summed E-state index contributed by atoms with van der Waals surface area (Å²) in [5.41, 5.74) is 11.5. The second kappa shape index (κ2) is 7.16. The first-order valence-corrected chi connectivity index (χ1v) is 5.90. The van der Waals surface area contributed by atoms with Crippen LogP contribution in [0.1, 0.15) is 12.8 Å². The van der Waals surface area contributed by atoms with Crippen LogP contribution in [-0.4, -0.2) is 30.4 Å². The highest BCUT2D eigenvalue weighted by Gasteiger charge is 2.19. The van der Waals surface area contributed by atoms with Crippen LogP contribution in [0.15, 0.2) is 26.8 Å². The van der Waals surface area contributed by atoms with E-state index in [2.05, 4.69) is 30.9 Å². The number of hydrogen-bond donors (Lipinski definition) is 2. The quantitative estimate of drug-likeness (QED) is 0.449. The van der Waals surface area contributed by atoms with E-state index >= 15 is 0 Å². The number of halogens is 1. The summed E-state index contributed by atoms with van der Waals surface area (Å²) in [5.74, 6) is 0.785. The van der Waals surface area contributed by atoms with E-state index in [1.807, 2.05) is 0 Å². The summed E-state index contributed by atoms with van der Waals surface area (Å²) >= 11 is 3.16. The van der Waals surface area contributed by atoms with Crippen LogP contribution in [0.25, 0.3) is 0 Å². The van der Waals surface area contributed by atoms with Crippen molar-refractivity contribution in [1.29, 1.82) is 0 Å². The summed E-state index contributed by atoms with van der Waals surface area (Å²) in [6.45, 7) is 1.34. The molecule has 0 aromatic heterocycles. The molecule has 0 aromatic rings. The van der Waals surface area contributed by atoms with Crippen LogP contribution >= 0.6 is 15.9 Å². The fraction of sp³-hybridized carbons (Fsp3) is 0.500. The normalized spacial score (nSPS) is 18.8. The van der Waals surface area contributed by atoms with Crippen LogP contribution in [0.5, 0.6) is 0 Å². The van der Waals surface area contributed by atoms with Gasteiger partial charge in [0.2, 0.25) is 0 Å². The molecule has 1 fully saturated rings. The molecule has 0 radical (unpaired) electrons. The van der Waals surface area contributed by atoms with Crippen molar-refractivity contribution in [3.05, 3.63) is 11.8 Å². The molecular formula is C10H16BrN5. The Morgan fingerprint density at radius 1 is 1.38 bits per heavy atom. The number of amidine groups is 1. The van der Waals surface area contributed by atoms with Gasteiger partial charge in [-0.2, -0.15) is 0 Å². The van der Waals surface area contributed by atoms with E-state index in [4.69, 9.17) is 11.5 Å². The maximum absolute atomic E-state index is 5.46. The fourth-order valence-corrected chi connectivity index (χ4v) is 1.26. The first-order chi connectivity index (χ1) is 7.76. The van der Waals surface area contributed by atoms with Crippen LogP contribution in [0, 0.1) is 5.92 Å². The third kappa shape index (κ3) is 5.65. The average Bonchev–Trinajstić information content (AvgIpc) is 3.07. The van der Waals surface area contributed by atoms with Gasteiger partial charge in [0, 0.05) is 24.5 Å².